The molecule has 0 aromatic carbocycles. The maximum atomic E-state index is 11.5. The highest BCUT2D eigenvalue weighted by Crippen LogP contribution is 2.13. The van der Waals surface area contributed by atoms with Gasteiger partial charge in [-0.1, -0.05) is 20.8 Å². The maximum absolute atomic E-state index is 11.5. The van der Waals surface area contributed by atoms with Crippen molar-refractivity contribution in [2.45, 2.75) is 53.4 Å². The van der Waals surface area contributed by atoms with E-state index in [4.69, 9.17) is 0 Å². The second-order valence-electron chi connectivity index (χ2n) is 4.07. The highest BCUT2D eigenvalue weighted by molar-refractivity contribution is 5.78. The van der Waals surface area contributed by atoms with Gasteiger partial charge in [0.25, 0.3) is 6.08 Å². The zero-order chi connectivity index (χ0) is 18.8. The summed E-state index contributed by atoms with van der Waals surface area (Å²) in [5, 5.41) is 2.46. The van der Waals surface area contributed by atoms with Gasteiger partial charge in [-0.15, -0.1) is 0 Å². The number of carbonyl (C=O) groups excluding carboxylic acids is 2. The fraction of sp³-hybridized carbons (Fsp3) is 0.733. The average Bonchev–Trinajstić information content (AvgIpc) is 2.86. The van der Waals surface area contributed by atoms with E-state index in [2.05, 4.69) is 10.1 Å². The van der Waals surface area contributed by atoms with Crippen molar-refractivity contribution in [3.8, 4) is 0 Å². The van der Waals surface area contributed by atoms with Gasteiger partial charge in [-0.2, -0.15) is 8.78 Å². The first-order valence-corrected chi connectivity index (χ1v) is 7.37. The van der Waals surface area contributed by atoms with Gasteiger partial charge < -0.3 is 10.1 Å². The summed E-state index contributed by atoms with van der Waals surface area (Å²) >= 11 is 0. The molecule has 0 aromatic heterocycles. The Bertz CT molecular complexity index is 330. The largest absolute Gasteiger partial charge is 0.469 e. The van der Waals surface area contributed by atoms with Crippen LogP contribution in [0.5, 0.6) is 0 Å². The predicted molar refractivity (Wildman–Crippen MR) is 81.4 cm³/mol. The van der Waals surface area contributed by atoms with E-state index >= 15 is 0 Å². The number of methoxy groups -OCH3 is 1. The third-order valence-corrected chi connectivity index (χ3v) is 2.05. The SMILES string of the molecule is CC.CC(F)F.CCCC(=O)OC.O=C1C[C@@H](C=C(F)F)CN1. The van der Waals surface area contributed by atoms with Crippen molar-refractivity contribution >= 4 is 11.9 Å². The van der Waals surface area contributed by atoms with Crippen molar-refractivity contribution in [2.75, 3.05) is 13.7 Å². The Labute approximate surface area is 135 Å². The van der Waals surface area contributed by atoms with Gasteiger partial charge in [-0.3, -0.25) is 9.59 Å². The van der Waals surface area contributed by atoms with Crippen LogP contribution in [0.4, 0.5) is 17.6 Å². The molecule has 1 N–H and O–H groups in total. The van der Waals surface area contributed by atoms with E-state index in [1.54, 1.807) is 0 Å². The molecular weight excluding hydrogens is 318 g/mol. The Morgan fingerprint density at radius 1 is 1.39 bits per heavy atom. The van der Waals surface area contributed by atoms with Crippen LogP contribution in [0.1, 0.15) is 47.0 Å². The first-order valence-electron chi connectivity index (χ1n) is 7.37. The summed E-state index contributed by atoms with van der Waals surface area (Å²) in [6.45, 7) is 7.12. The monoisotopic (exact) mass is 345 g/mol. The van der Waals surface area contributed by atoms with E-state index < -0.39 is 12.5 Å². The predicted octanol–water partition coefficient (Wildman–Crippen LogP) is 4.16. The highest BCUT2D eigenvalue weighted by atomic mass is 19.3. The number of amides is 1. The normalized spacial score (nSPS) is 14.9. The molecule has 1 aliphatic rings. The Balaban J connectivity index is -0.000000270. The summed E-state index contributed by atoms with van der Waals surface area (Å²) in [6.07, 6.45) is -1.46. The zero-order valence-corrected chi connectivity index (χ0v) is 14.3. The zero-order valence-electron chi connectivity index (χ0n) is 14.3. The van der Waals surface area contributed by atoms with Gasteiger partial charge in [-0.25, -0.2) is 8.78 Å². The number of nitrogens with one attached hydrogen (secondary N) is 1. The second-order valence-corrected chi connectivity index (χ2v) is 4.07. The van der Waals surface area contributed by atoms with Gasteiger partial charge in [0.15, 0.2) is 0 Å². The minimum absolute atomic E-state index is 0.123. The molecule has 0 aromatic rings. The van der Waals surface area contributed by atoms with E-state index in [0.29, 0.717) is 13.0 Å². The van der Waals surface area contributed by atoms with Crippen LogP contribution in [0.15, 0.2) is 12.2 Å². The van der Waals surface area contributed by atoms with Crippen LogP contribution in [0, 0.1) is 5.92 Å². The molecule has 1 rings (SSSR count). The van der Waals surface area contributed by atoms with Gasteiger partial charge in [0, 0.05) is 25.3 Å². The number of carbonyl (C=O) groups is 2. The summed E-state index contributed by atoms with van der Waals surface area (Å²) in [5.74, 6) is -0.581. The highest BCUT2D eigenvalue weighted by Gasteiger charge is 2.19. The fourth-order valence-corrected chi connectivity index (χ4v) is 1.23. The van der Waals surface area contributed by atoms with Gasteiger partial charge in [0.1, 0.15) is 0 Å². The molecule has 0 unspecified atom stereocenters. The first-order chi connectivity index (χ1) is 10.7. The number of ether oxygens (including phenoxy) is 1. The third-order valence-electron chi connectivity index (χ3n) is 2.05. The van der Waals surface area contributed by atoms with E-state index in [9.17, 15) is 27.2 Å². The average molecular weight is 345 g/mol. The lowest BCUT2D eigenvalue weighted by Crippen LogP contribution is -2.13. The molecule has 1 heterocycles. The summed E-state index contributed by atoms with van der Waals surface area (Å²) in [6, 6.07) is 0. The summed E-state index contributed by atoms with van der Waals surface area (Å²) < 4.78 is 48.1. The van der Waals surface area contributed by atoms with Crippen molar-refractivity contribution in [1.82, 2.24) is 5.32 Å². The van der Waals surface area contributed by atoms with Crippen LogP contribution in [0.2, 0.25) is 0 Å². The quantitative estimate of drug-likeness (QED) is 0.617. The van der Waals surface area contributed by atoms with Gasteiger partial charge >= 0.3 is 5.97 Å². The topological polar surface area (TPSA) is 55.4 Å². The molecule has 1 fully saturated rings. The Morgan fingerprint density at radius 3 is 2.09 bits per heavy atom. The molecule has 0 bridgehead atoms. The van der Waals surface area contributed by atoms with Crippen LogP contribution in [-0.2, 0) is 14.3 Å². The van der Waals surface area contributed by atoms with Gasteiger partial charge in [0.2, 0.25) is 12.3 Å². The van der Waals surface area contributed by atoms with Crippen LogP contribution < -0.4 is 5.32 Å². The van der Waals surface area contributed by atoms with Gasteiger partial charge in [-0.05, 0) is 19.4 Å². The maximum Gasteiger partial charge on any atom is 0.305 e. The van der Waals surface area contributed by atoms with Crippen LogP contribution in [0.25, 0.3) is 0 Å². The molecule has 4 nitrogen and oxygen atoms in total. The number of hydrogen-bond donors (Lipinski definition) is 1. The molecule has 8 heteroatoms. The van der Waals surface area contributed by atoms with Crippen LogP contribution in [0.3, 0.4) is 0 Å². The standard InChI is InChI=1S/C6H7F2NO.C5H10O2.C2H4F2.C2H6/c7-5(8)1-4-2-6(10)9-3-4;1-3-4-5(6)7-2;1-2(3)4;1-2/h1,4H,2-3H2,(H,9,10);3-4H2,1-2H3;2H,1H3;1-2H3/t4-;;;/m1.../s1. The molecule has 1 amide bonds. The lowest BCUT2D eigenvalue weighted by atomic mass is 10.1. The van der Waals surface area contributed by atoms with Crippen molar-refractivity contribution < 1.29 is 31.9 Å². The number of esters is 1. The van der Waals surface area contributed by atoms with E-state index in [1.165, 1.54) is 7.11 Å². The van der Waals surface area contributed by atoms with E-state index in [1.807, 2.05) is 20.8 Å². The molecule has 1 atom stereocenters. The molecule has 1 aliphatic heterocycles. The molecule has 23 heavy (non-hydrogen) atoms. The minimum atomic E-state index is -2.17. The van der Waals surface area contributed by atoms with Gasteiger partial charge in [0.05, 0.1) is 7.11 Å². The summed E-state index contributed by atoms with van der Waals surface area (Å²) in [7, 11) is 1.40. The Kier molecular flexibility index (Phi) is 21.1. The molecule has 0 radical (unpaired) electrons. The lowest BCUT2D eigenvalue weighted by molar-refractivity contribution is -0.140. The molecule has 0 spiro atoms. The van der Waals surface area contributed by atoms with E-state index in [-0.39, 0.29) is 24.2 Å². The number of hydrogen-bond acceptors (Lipinski definition) is 3. The first kappa shape index (κ1) is 26.3. The molecule has 1 saturated heterocycles. The minimum Gasteiger partial charge on any atom is -0.469 e. The Morgan fingerprint density at radius 2 is 1.87 bits per heavy atom. The Hall–Kier alpha value is -1.60. The van der Waals surface area contributed by atoms with Crippen molar-refractivity contribution in [2.24, 2.45) is 5.92 Å². The second kappa shape index (κ2) is 18.4. The van der Waals surface area contributed by atoms with Crippen molar-refractivity contribution in [1.29, 1.82) is 0 Å². The fourth-order valence-electron chi connectivity index (χ4n) is 1.23. The lowest BCUT2D eigenvalue weighted by Gasteiger charge is -1.94. The molecule has 0 saturated carbocycles. The van der Waals surface area contributed by atoms with Crippen molar-refractivity contribution in [3.05, 3.63) is 12.2 Å². The number of rotatable bonds is 3. The number of alkyl halides is 2. The summed E-state index contributed by atoms with van der Waals surface area (Å²) in [5.41, 5.74) is 0. The molecule has 0 aliphatic carbocycles. The molecular formula is C15H27F4NO3. The van der Waals surface area contributed by atoms with Crippen molar-refractivity contribution in [3.63, 3.8) is 0 Å². The third kappa shape index (κ3) is 25.7. The number of halogens is 4. The van der Waals surface area contributed by atoms with Crippen LogP contribution >= 0.6 is 0 Å². The summed E-state index contributed by atoms with van der Waals surface area (Å²) in [4.78, 5) is 20.6. The molecule has 138 valence electrons. The van der Waals surface area contributed by atoms with Crippen LogP contribution in [-0.4, -0.2) is 32.0 Å². The smallest absolute Gasteiger partial charge is 0.305 e. The van der Waals surface area contributed by atoms with E-state index in [0.717, 1.165) is 19.4 Å².